The summed E-state index contributed by atoms with van der Waals surface area (Å²) in [5.74, 6) is -1.42. The first-order valence-electron chi connectivity index (χ1n) is 9.03. The van der Waals surface area contributed by atoms with Gasteiger partial charge in [0.25, 0.3) is 0 Å². The number of nitrogens with zero attached hydrogens (tertiary/aromatic N) is 1. The molecule has 2 rings (SSSR count). The minimum Gasteiger partial charge on any atom is -0.360 e. The number of rotatable bonds is 6. The second-order valence-corrected chi connectivity index (χ2v) is 7.06. The van der Waals surface area contributed by atoms with Crippen molar-refractivity contribution >= 4 is 23.4 Å². The van der Waals surface area contributed by atoms with E-state index in [1.54, 1.807) is 6.92 Å². The molecule has 0 saturated carbocycles. The third-order valence-electron chi connectivity index (χ3n) is 4.55. The lowest BCUT2D eigenvalue weighted by molar-refractivity contribution is -0.135. The van der Waals surface area contributed by atoms with E-state index in [4.69, 9.17) is 5.73 Å². The molecule has 4 N–H and O–H groups in total. The summed E-state index contributed by atoms with van der Waals surface area (Å²) in [6.45, 7) is 5.93. The van der Waals surface area contributed by atoms with Crippen molar-refractivity contribution in [1.29, 1.82) is 0 Å². The third-order valence-corrected chi connectivity index (χ3v) is 4.55. The number of nitrogens with one attached hydrogen (secondary N) is 2. The van der Waals surface area contributed by atoms with Gasteiger partial charge in [-0.1, -0.05) is 32.0 Å². The Bertz CT molecular complexity index is 645. The van der Waals surface area contributed by atoms with Gasteiger partial charge in [0.05, 0.1) is 6.04 Å². The highest BCUT2D eigenvalue weighted by atomic mass is 16.2. The number of anilines is 1. The maximum atomic E-state index is 12.7. The van der Waals surface area contributed by atoms with Gasteiger partial charge in [0.1, 0.15) is 12.1 Å². The van der Waals surface area contributed by atoms with Gasteiger partial charge < -0.3 is 16.0 Å². The van der Waals surface area contributed by atoms with E-state index in [-0.39, 0.29) is 11.8 Å². The summed E-state index contributed by atoms with van der Waals surface area (Å²) >= 11 is 0. The Balaban J connectivity index is 2.04. The van der Waals surface area contributed by atoms with Crippen LogP contribution in [0.1, 0.15) is 33.6 Å². The van der Waals surface area contributed by atoms with E-state index < -0.39 is 29.9 Å². The molecule has 1 aromatic rings. The third kappa shape index (κ3) is 4.82. The minimum atomic E-state index is -0.802. The normalized spacial score (nSPS) is 19.1. The van der Waals surface area contributed by atoms with Crippen LogP contribution in [-0.2, 0) is 14.4 Å². The number of para-hydroxylation sites is 1. The van der Waals surface area contributed by atoms with Gasteiger partial charge in [0, 0.05) is 12.2 Å². The van der Waals surface area contributed by atoms with Crippen LogP contribution in [-0.4, -0.2) is 42.4 Å². The average molecular weight is 360 g/mol. The van der Waals surface area contributed by atoms with E-state index in [1.165, 1.54) is 0 Å². The molecule has 1 heterocycles. The first-order chi connectivity index (χ1) is 12.3. The molecular weight excluding hydrogens is 332 g/mol. The Hall–Kier alpha value is -2.41. The van der Waals surface area contributed by atoms with Crippen molar-refractivity contribution in [3.8, 4) is 0 Å². The van der Waals surface area contributed by atoms with E-state index in [9.17, 15) is 14.4 Å². The number of hydrogen-bond acceptors (Lipinski definition) is 5. The summed E-state index contributed by atoms with van der Waals surface area (Å²) in [6.07, 6.45) is 1.57. The van der Waals surface area contributed by atoms with Crippen molar-refractivity contribution in [2.75, 3.05) is 11.4 Å². The van der Waals surface area contributed by atoms with E-state index in [0.29, 0.717) is 6.42 Å². The van der Waals surface area contributed by atoms with E-state index >= 15 is 0 Å². The van der Waals surface area contributed by atoms with Crippen LogP contribution >= 0.6 is 0 Å². The van der Waals surface area contributed by atoms with Crippen LogP contribution < -0.4 is 21.3 Å². The molecule has 1 fully saturated rings. The minimum absolute atomic E-state index is 0.167. The molecular formula is C19H28N4O3. The Morgan fingerprint density at radius 3 is 2.35 bits per heavy atom. The van der Waals surface area contributed by atoms with Gasteiger partial charge in [0.2, 0.25) is 17.7 Å². The van der Waals surface area contributed by atoms with E-state index in [2.05, 4.69) is 10.6 Å². The zero-order valence-corrected chi connectivity index (χ0v) is 15.6. The second kappa shape index (κ2) is 8.80. The monoisotopic (exact) mass is 360 g/mol. The topological polar surface area (TPSA) is 105 Å². The van der Waals surface area contributed by atoms with Crippen molar-refractivity contribution in [3.63, 3.8) is 0 Å². The van der Waals surface area contributed by atoms with Crippen molar-refractivity contribution < 1.29 is 14.4 Å². The molecule has 1 aromatic carbocycles. The first-order valence-corrected chi connectivity index (χ1v) is 9.03. The fraction of sp³-hybridized carbons (Fsp3) is 0.526. The number of benzene rings is 1. The zero-order chi connectivity index (χ0) is 19.3. The highest BCUT2D eigenvalue weighted by molar-refractivity contribution is 6.02. The molecule has 0 unspecified atom stereocenters. The van der Waals surface area contributed by atoms with Crippen molar-refractivity contribution in [1.82, 2.24) is 10.6 Å². The lowest BCUT2D eigenvalue weighted by atomic mass is 10.0. The van der Waals surface area contributed by atoms with E-state index in [0.717, 1.165) is 18.7 Å². The summed E-state index contributed by atoms with van der Waals surface area (Å²) in [4.78, 5) is 39.1. The zero-order valence-electron chi connectivity index (χ0n) is 15.6. The van der Waals surface area contributed by atoms with Crippen molar-refractivity contribution in [2.45, 2.75) is 51.7 Å². The number of carbonyl (C=O) groups excluding carboxylic acids is 3. The summed E-state index contributed by atoms with van der Waals surface area (Å²) in [5.41, 5.74) is 6.51. The molecule has 7 nitrogen and oxygen atoms in total. The molecule has 3 atom stereocenters. The Morgan fingerprint density at radius 2 is 1.77 bits per heavy atom. The van der Waals surface area contributed by atoms with Gasteiger partial charge >= 0.3 is 0 Å². The Labute approximate surface area is 154 Å². The summed E-state index contributed by atoms with van der Waals surface area (Å²) < 4.78 is 0. The molecule has 1 aliphatic heterocycles. The van der Waals surface area contributed by atoms with Gasteiger partial charge in [-0.2, -0.15) is 0 Å². The molecule has 142 valence electrons. The molecule has 3 amide bonds. The summed E-state index contributed by atoms with van der Waals surface area (Å²) in [6, 6.07) is 7.76. The Morgan fingerprint density at radius 1 is 1.12 bits per heavy atom. The lowest BCUT2D eigenvalue weighted by Crippen LogP contribution is -2.56. The van der Waals surface area contributed by atoms with Crippen LogP contribution in [0.4, 0.5) is 5.69 Å². The molecule has 0 spiro atoms. The molecule has 1 saturated heterocycles. The molecule has 7 heteroatoms. The Kier molecular flexibility index (Phi) is 6.74. The molecule has 0 bridgehead atoms. The first kappa shape index (κ1) is 19.9. The fourth-order valence-corrected chi connectivity index (χ4v) is 3.07. The lowest BCUT2D eigenvalue weighted by Gasteiger charge is -2.27. The molecule has 0 aromatic heterocycles. The van der Waals surface area contributed by atoms with Crippen LogP contribution in [0.5, 0.6) is 0 Å². The fourth-order valence-electron chi connectivity index (χ4n) is 3.07. The predicted octanol–water partition coefficient (Wildman–Crippen LogP) is 0.786. The predicted molar refractivity (Wildman–Crippen MR) is 100 cm³/mol. The average Bonchev–Trinajstić information content (AvgIpc) is 3.09. The summed E-state index contributed by atoms with van der Waals surface area (Å²) in [5, 5.41) is 5.08. The number of hydrogen-bond donors (Lipinski definition) is 3. The van der Waals surface area contributed by atoms with E-state index in [1.807, 2.05) is 49.1 Å². The molecule has 1 aliphatic rings. The smallest absolute Gasteiger partial charge is 0.249 e. The highest BCUT2D eigenvalue weighted by Gasteiger charge is 2.34. The SMILES string of the molecule is CC(C)[C@H](NC(=O)[C@H](C)N)C(=O)NC(=O)[C@@H]1CCCN1c1ccccc1. The highest BCUT2D eigenvalue weighted by Crippen LogP contribution is 2.25. The van der Waals surface area contributed by atoms with Crippen LogP contribution in [0.15, 0.2) is 30.3 Å². The second-order valence-electron chi connectivity index (χ2n) is 7.06. The number of imide groups is 1. The quantitative estimate of drug-likeness (QED) is 0.696. The van der Waals surface area contributed by atoms with Gasteiger partial charge in [0.15, 0.2) is 0 Å². The van der Waals surface area contributed by atoms with Crippen molar-refractivity contribution in [2.24, 2.45) is 11.7 Å². The standard InChI is InChI=1S/C19H28N4O3/c1-12(2)16(21-17(24)13(3)20)19(26)22-18(25)15-10-7-11-23(15)14-8-5-4-6-9-14/h4-6,8-9,12-13,15-16H,7,10-11,20H2,1-3H3,(H,21,24)(H,22,25,26)/t13-,15-,16-/m0/s1. The summed E-state index contributed by atoms with van der Waals surface area (Å²) in [7, 11) is 0. The molecule has 0 aliphatic carbocycles. The maximum absolute atomic E-state index is 12.7. The van der Waals surface area contributed by atoms with Gasteiger partial charge in [-0.15, -0.1) is 0 Å². The number of nitrogens with two attached hydrogens (primary N) is 1. The van der Waals surface area contributed by atoms with Crippen LogP contribution in [0, 0.1) is 5.92 Å². The number of carbonyl (C=O) groups is 3. The molecule has 26 heavy (non-hydrogen) atoms. The van der Waals surface area contributed by atoms with Crippen LogP contribution in [0.25, 0.3) is 0 Å². The number of amides is 3. The maximum Gasteiger partial charge on any atom is 0.249 e. The van der Waals surface area contributed by atoms with Gasteiger partial charge in [-0.05, 0) is 37.8 Å². The van der Waals surface area contributed by atoms with Gasteiger partial charge in [-0.3, -0.25) is 19.7 Å². The van der Waals surface area contributed by atoms with Gasteiger partial charge in [-0.25, -0.2) is 0 Å². The van der Waals surface area contributed by atoms with Crippen molar-refractivity contribution in [3.05, 3.63) is 30.3 Å². The van der Waals surface area contributed by atoms with Crippen LogP contribution in [0.2, 0.25) is 0 Å². The largest absolute Gasteiger partial charge is 0.360 e. The van der Waals surface area contributed by atoms with Crippen LogP contribution in [0.3, 0.4) is 0 Å². The molecule has 0 radical (unpaired) electrons.